The average Bonchev–Trinajstić information content (AvgIpc) is 2.63. The summed E-state index contributed by atoms with van der Waals surface area (Å²) in [4.78, 5) is 15.1. The molecule has 1 aliphatic rings. The summed E-state index contributed by atoms with van der Waals surface area (Å²) in [7, 11) is 0. The number of fused-ring (bicyclic) bond motifs is 1. The molecule has 0 fully saturated rings. The van der Waals surface area contributed by atoms with Crippen LogP contribution in [0.2, 0.25) is 0 Å². The predicted octanol–water partition coefficient (Wildman–Crippen LogP) is 5.82. The quantitative estimate of drug-likeness (QED) is 0.445. The van der Waals surface area contributed by atoms with E-state index >= 15 is 0 Å². The number of carbonyl (C=O) groups excluding carboxylic acids is 1. The molecule has 1 aliphatic heterocycles. The van der Waals surface area contributed by atoms with E-state index in [1.165, 1.54) is 0 Å². The SMILES string of the molecule is O=C1c2ccccc2N[C@@H](c2cccc(Br)c2)N1c1ccc(I)cc1. The maximum Gasteiger partial charge on any atom is 0.262 e. The highest BCUT2D eigenvalue weighted by atomic mass is 127. The van der Waals surface area contributed by atoms with Gasteiger partial charge in [-0.1, -0.05) is 40.2 Å². The topological polar surface area (TPSA) is 32.3 Å². The third-order valence-electron chi connectivity index (χ3n) is 4.20. The molecule has 1 atom stereocenters. The number of nitrogens with zero attached hydrogens (tertiary/aromatic N) is 1. The minimum Gasteiger partial charge on any atom is -0.360 e. The normalized spacial score (nSPS) is 16.3. The van der Waals surface area contributed by atoms with E-state index in [1.54, 1.807) is 0 Å². The highest BCUT2D eigenvalue weighted by Crippen LogP contribution is 2.37. The Kier molecular flexibility index (Phi) is 4.52. The van der Waals surface area contributed by atoms with E-state index in [0.29, 0.717) is 5.56 Å². The molecule has 3 aromatic carbocycles. The highest BCUT2D eigenvalue weighted by Gasteiger charge is 2.33. The van der Waals surface area contributed by atoms with Crippen LogP contribution in [0.3, 0.4) is 0 Å². The summed E-state index contributed by atoms with van der Waals surface area (Å²) in [6, 6.07) is 23.7. The molecule has 1 amide bonds. The summed E-state index contributed by atoms with van der Waals surface area (Å²) in [5.74, 6) is 0.000494. The van der Waals surface area contributed by atoms with Gasteiger partial charge >= 0.3 is 0 Å². The lowest BCUT2D eigenvalue weighted by atomic mass is 10.0. The second-order valence-electron chi connectivity index (χ2n) is 5.80. The Labute approximate surface area is 168 Å². The number of halogens is 2. The largest absolute Gasteiger partial charge is 0.360 e. The fourth-order valence-corrected chi connectivity index (χ4v) is 3.81. The van der Waals surface area contributed by atoms with Gasteiger partial charge in [-0.2, -0.15) is 0 Å². The zero-order chi connectivity index (χ0) is 17.4. The summed E-state index contributed by atoms with van der Waals surface area (Å²) < 4.78 is 2.12. The van der Waals surface area contributed by atoms with Crippen LogP contribution in [0.1, 0.15) is 22.1 Å². The first kappa shape index (κ1) is 16.6. The van der Waals surface area contributed by atoms with Gasteiger partial charge in [-0.25, -0.2) is 0 Å². The Morgan fingerprint density at radius 3 is 2.48 bits per heavy atom. The fraction of sp³-hybridized carbons (Fsp3) is 0.0500. The highest BCUT2D eigenvalue weighted by molar-refractivity contribution is 14.1. The number of hydrogen-bond donors (Lipinski definition) is 1. The minimum atomic E-state index is -0.264. The van der Waals surface area contributed by atoms with Gasteiger partial charge < -0.3 is 5.32 Å². The molecule has 124 valence electrons. The van der Waals surface area contributed by atoms with Crippen LogP contribution in [-0.2, 0) is 0 Å². The van der Waals surface area contributed by atoms with Crippen molar-refractivity contribution in [1.82, 2.24) is 0 Å². The van der Waals surface area contributed by atoms with Gasteiger partial charge in [0.05, 0.1) is 5.56 Å². The van der Waals surface area contributed by atoms with Crippen molar-refractivity contribution in [1.29, 1.82) is 0 Å². The van der Waals surface area contributed by atoms with Gasteiger partial charge in [0.1, 0.15) is 6.17 Å². The van der Waals surface area contributed by atoms with E-state index in [9.17, 15) is 4.79 Å². The van der Waals surface area contributed by atoms with Gasteiger partial charge in [-0.15, -0.1) is 0 Å². The zero-order valence-corrected chi connectivity index (χ0v) is 16.9. The smallest absolute Gasteiger partial charge is 0.262 e. The van der Waals surface area contributed by atoms with E-state index in [0.717, 1.165) is 25.0 Å². The number of nitrogens with one attached hydrogen (secondary N) is 1. The lowest BCUT2D eigenvalue weighted by Gasteiger charge is -2.38. The standard InChI is InChI=1S/C20H14BrIN2O/c21-14-5-3-4-13(12-14)19-23-18-7-2-1-6-17(18)20(25)24(19)16-10-8-15(22)9-11-16/h1-12,19,23H/t19-/m1/s1. The number of rotatable bonds is 2. The summed E-state index contributed by atoms with van der Waals surface area (Å²) in [5.41, 5.74) is 3.44. The summed E-state index contributed by atoms with van der Waals surface area (Å²) in [5, 5.41) is 3.52. The van der Waals surface area contributed by atoms with Gasteiger partial charge in [-0.05, 0) is 76.7 Å². The zero-order valence-electron chi connectivity index (χ0n) is 13.1. The maximum atomic E-state index is 13.2. The molecule has 5 heteroatoms. The van der Waals surface area contributed by atoms with Crippen LogP contribution in [-0.4, -0.2) is 5.91 Å². The summed E-state index contributed by atoms with van der Waals surface area (Å²) in [6.07, 6.45) is -0.264. The third kappa shape index (κ3) is 3.18. The van der Waals surface area contributed by atoms with Crippen molar-refractivity contribution in [3.8, 4) is 0 Å². The average molecular weight is 505 g/mol. The Morgan fingerprint density at radius 1 is 0.960 bits per heavy atom. The Hall–Kier alpha value is -1.86. The van der Waals surface area contributed by atoms with Gasteiger partial charge in [0.25, 0.3) is 5.91 Å². The number of para-hydroxylation sites is 1. The molecule has 0 aromatic heterocycles. The molecular formula is C20H14BrIN2O. The number of hydrogen-bond acceptors (Lipinski definition) is 2. The lowest BCUT2D eigenvalue weighted by molar-refractivity contribution is 0.0975. The molecule has 1 N–H and O–H groups in total. The fourth-order valence-electron chi connectivity index (χ4n) is 3.03. The van der Waals surface area contributed by atoms with Crippen molar-refractivity contribution in [2.75, 3.05) is 10.2 Å². The van der Waals surface area contributed by atoms with Gasteiger partial charge in [0.15, 0.2) is 0 Å². The van der Waals surface area contributed by atoms with Crippen molar-refractivity contribution in [3.05, 3.63) is 92.0 Å². The van der Waals surface area contributed by atoms with Gasteiger partial charge in [-0.3, -0.25) is 9.69 Å². The van der Waals surface area contributed by atoms with Crippen LogP contribution in [0.15, 0.2) is 77.3 Å². The van der Waals surface area contributed by atoms with Crippen molar-refractivity contribution in [3.63, 3.8) is 0 Å². The van der Waals surface area contributed by atoms with E-state index in [2.05, 4.69) is 43.8 Å². The Bertz CT molecular complexity index is 942. The first-order valence-electron chi connectivity index (χ1n) is 7.83. The Balaban J connectivity index is 1.87. The van der Waals surface area contributed by atoms with Crippen molar-refractivity contribution < 1.29 is 4.79 Å². The molecule has 0 spiro atoms. The van der Waals surface area contributed by atoms with E-state index < -0.39 is 0 Å². The molecule has 0 aliphatic carbocycles. The number of anilines is 2. The molecular weight excluding hydrogens is 491 g/mol. The second-order valence-corrected chi connectivity index (χ2v) is 7.96. The molecule has 0 unspecified atom stereocenters. The molecule has 3 aromatic rings. The second kappa shape index (κ2) is 6.80. The van der Waals surface area contributed by atoms with E-state index in [-0.39, 0.29) is 12.1 Å². The Morgan fingerprint density at radius 2 is 1.72 bits per heavy atom. The number of carbonyl (C=O) groups is 1. The molecule has 4 rings (SSSR count). The van der Waals surface area contributed by atoms with Crippen LogP contribution >= 0.6 is 38.5 Å². The lowest BCUT2D eigenvalue weighted by Crippen LogP contribution is -2.43. The molecule has 1 heterocycles. The van der Waals surface area contributed by atoms with Gasteiger partial charge in [0.2, 0.25) is 0 Å². The van der Waals surface area contributed by atoms with E-state index in [1.807, 2.05) is 77.7 Å². The molecule has 25 heavy (non-hydrogen) atoms. The summed E-state index contributed by atoms with van der Waals surface area (Å²) in [6.45, 7) is 0. The first-order valence-corrected chi connectivity index (χ1v) is 9.71. The van der Waals surface area contributed by atoms with Crippen molar-refractivity contribution in [2.24, 2.45) is 0 Å². The van der Waals surface area contributed by atoms with Crippen LogP contribution in [0, 0.1) is 3.57 Å². The summed E-state index contributed by atoms with van der Waals surface area (Å²) >= 11 is 5.80. The predicted molar refractivity (Wildman–Crippen MR) is 113 cm³/mol. The minimum absolute atomic E-state index is 0.000494. The molecule has 3 nitrogen and oxygen atoms in total. The third-order valence-corrected chi connectivity index (χ3v) is 5.41. The van der Waals surface area contributed by atoms with Crippen LogP contribution < -0.4 is 10.2 Å². The molecule has 0 saturated heterocycles. The maximum absolute atomic E-state index is 13.2. The van der Waals surface area contributed by atoms with Gasteiger partial charge in [0, 0.05) is 19.4 Å². The van der Waals surface area contributed by atoms with Crippen LogP contribution in [0.25, 0.3) is 0 Å². The monoisotopic (exact) mass is 504 g/mol. The first-order chi connectivity index (χ1) is 12.1. The number of benzene rings is 3. The molecule has 0 saturated carbocycles. The van der Waals surface area contributed by atoms with Crippen molar-refractivity contribution in [2.45, 2.75) is 6.17 Å². The molecule has 0 radical (unpaired) electrons. The van der Waals surface area contributed by atoms with E-state index in [4.69, 9.17) is 0 Å². The molecule has 0 bridgehead atoms. The number of amides is 1. The van der Waals surface area contributed by atoms with Crippen LogP contribution in [0.5, 0.6) is 0 Å². The van der Waals surface area contributed by atoms with Crippen LogP contribution in [0.4, 0.5) is 11.4 Å². The van der Waals surface area contributed by atoms with Crippen molar-refractivity contribution >= 4 is 55.8 Å².